The fraction of sp³-hybridized carbons (Fsp3) is 0.320. The van der Waals surface area contributed by atoms with Gasteiger partial charge < -0.3 is 14.6 Å². The normalized spacial score (nSPS) is 12.2. The Morgan fingerprint density at radius 3 is 2.26 bits per heavy atom. The molecule has 0 aliphatic heterocycles. The molecular weight excluding hydrogens is 472 g/mol. The molecular formula is C25H25ClF4N2O2. The Kier molecular flexibility index (Phi) is 7.15. The first-order valence-electron chi connectivity index (χ1n) is 10.5. The van der Waals surface area contributed by atoms with Crippen molar-refractivity contribution < 1.29 is 27.5 Å². The predicted octanol–water partition coefficient (Wildman–Crippen LogP) is 6.17. The van der Waals surface area contributed by atoms with E-state index >= 15 is 0 Å². The van der Waals surface area contributed by atoms with Crippen molar-refractivity contribution in [3.63, 3.8) is 0 Å². The van der Waals surface area contributed by atoms with Crippen molar-refractivity contribution in [3.05, 3.63) is 81.9 Å². The summed E-state index contributed by atoms with van der Waals surface area (Å²) in [6, 6.07) is 12.1. The zero-order chi connectivity index (χ0) is 25.4. The number of carbonyl (C=O) groups excluding carboxylic acids is 1. The van der Waals surface area contributed by atoms with Gasteiger partial charge in [-0.05, 0) is 49.6 Å². The highest BCUT2D eigenvalue weighted by atomic mass is 35.5. The van der Waals surface area contributed by atoms with E-state index in [9.17, 15) is 27.5 Å². The van der Waals surface area contributed by atoms with E-state index in [0.717, 1.165) is 10.6 Å². The van der Waals surface area contributed by atoms with Gasteiger partial charge in [0.15, 0.2) is 0 Å². The Bertz CT molecular complexity index is 1200. The molecule has 0 bridgehead atoms. The van der Waals surface area contributed by atoms with Crippen LogP contribution < -0.4 is 0 Å². The summed E-state index contributed by atoms with van der Waals surface area (Å²) < 4.78 is 58.3. The number of rotatable bonds is 6. The van der Waals surface area contributed by atoms with Crippen LogP contribution in [0.4, 0.5) is 17.6 Å². The van der Waals surface area contributed by atoms with Crippen LogP contribution in [0.1, 0.15) is 41.2 Å². The molecule has 3 aromatic rings. The zero-order valence-corrected chi connectivity index (χ0v) is 19.9. The Morgan fingerprint density at radius 2 is 1.74 bits per heavy atom. The lowest BCUT2D eigenvalue weighted by atomic mass is 9.98. The molecule has 2 aromatic carbocycles. The van der Waals surface area contributed by atoms with Gasteiger partial charge in [0.2, 0.25) is 0 Å². The van der Waals surface area contributed by atoms with E-state index in [1.807, 2.05) is 0 Å². The number of aliphatic hydroxyl groups is 1. The van der Waals surface area contributed by atoms with E-state index in [2.05, 4.69) is 0 Å². The van der Waals surface area contributed by atoms with Crippen LogP contribution in [0.2, 0.25) is 5.02 Å². The molecule has 0 saturated heterocycles. The van der Waals surface area contributed by atoms with Gasteiger partial charge in [-0.25, -0.2) is 4.39 Å². The summed E-state index contributed by atoms with van der Waals surface area (Å²) in [5, 5.41) is 9.57. The lowest BCUT2D eigenvalue weighted by Gasteiger charge is -2.34. The van der Waals surface area contributed by atoms with Crippen molar-refractivity contribution in [1.29, 1.82) is 0 Å². The number of likely N-dealkylation sites (N-methyl/N-ethyl adjacent to an activating group) is 1. The summed E-state index contributed by atoms with van der Waals surface area (Å²) in [5.74, 6) is -1.55. The summed E-state index contributed by atoms with van der Waals surface area (Å²) in [5.41, 5.74) is -1.91. The van der Waals surface area contributed by atoms with Crippen LogP contribution in [0.3, 0.4) is 0 Å². The first-order valence-corrected chi connectivity index (χ1v) is 10.9. The van der Waals surface area contributed by atoms with E-state index in [1.165, 1.54) is 31.0 Å². The topological polar surface area (TPSA) is 45.5 Å². The number of alkyl halides is 3. The van der Waals surface area contributed by atoms with Crippen LogP contribution >= 0.6 is 11.6 Å². The molecule has 0 aliphatic rings. The lowest BCUT2D eigenvalue weighted by Crippen LogP contribution is -2.48. The maximum Gasteiger partial charge on any atom is 0.431 e. The smallest absolute Gasteiger partial charge is 0.394 e. The first-order chi connectivity index (χ1) is 15.8. The number of nitrogens with zero attached hydrogens (tertiary/aromatic N) is 2. The maximum absolute atomic E-state index is 14.3. The lowest BCUT2D eigenvalue weighted by molar-refractivity contribution is -0.143. The Hall–Kier alpha value is -2.84. The largest absolute Gasteiger partial charge is 0.431 e. The minimum atomic E-state index is -4.79. The van der Waals surface area contributed by atoms with Gasteiger partial charge in [0.1, 0.15) is 17.2 Å². The second kappa shape index (κ2) is 9.43. The number of benzene rings is 2. The summed E-state index contributed by atoms with van der Waals surface area (Å²) in [4.78, 5) is 14.9. The van der Waals surface area contributed by atoms with Crippen LogP contribution in [-0.4, -0.2) is 39.7 Å². The van der Waals surface area contributed by atoms with Gasteiger partial charge in [-0.2, -0.15) is 13.2 Å². The number of aromatic nitrogens is 1. The van der Waals surface area contributed by atoms with Gasteiger partial charge in [0.05, 0.1) is 17.2 Å². The highest BCUT2D eigenvalue weighted by Crippen LogP contribution is 2.42. The minimum Gasteiger partial charge on any atom is -0.394 e. The Morgan fingerprint density at radius 1 is 1.12 bits per heavy atom. The van der Waals surface area contributed by atoms with E-state index in [1.54, 1.807) is 44.2 Å². The fourth-order valence-electron chi connectivity index (χ4n) is 3.80. The summed E-state index contributed by atoms with van der Waals surface area (Å²) in [6.45, 7) is 3.80. The van der Waals surface area contributed by atoms with Gasteiger partial charge in [-0.1, -0.05) is 48.0 Å². The average molecular weight is 497 g/mol. The first kappa shape index (κ1) is 25.8. The number of amides is 1. The zero-order valence-electron chi connectivity index (χ0n) is 19.2. The molecule has 0 radical (unpaired) electrons. The molecule has 0 fully saturated rings. The summed E-state index contributed by atoms with van der Waals surface area (Å²) in [6.07, 6.45) is -4.79. The Labute approximate surface area is 200 Å². The molecule has 9 heteroatoms. The average Bonchev–Trinajstić information content (AvgIpc) is 3.07. The molecule has 4 nitrogen and oxygen atoms in total. The minimum absolute atomic E-state index is 0.0376. The van der Waals surface area contributed by atoms with E-state index in [4.69, 9.17) is 11.6 Å². The molecule has 0 spiro atoms. The molecule has 1 aromatic heterocycles. The third-order valence-corrected chi connectivity index (χ3v) is 6.28. The van der Waals surface area contributed by atoms with Gasteiger partial charge >= 0.3 is 6.18 Å². The molecule has 34 heavy (non-hydrogen) atoms. The molecule has 3 rings (SSSR count). The molecule has 0 atom stereocenters. The number of halogens is 5. The van der Waals surface area contributed by atoms with Crippen molar-refractivity contribution in [2.75, 3.05) is 13.7 Å². The number of hydrogen-bond donors (Lipinski definition) is 1. The Balaban J connectivity index is 2.40. The van der Waals surface area contributed by atoms with Gasteiger partial charge in [0.25, 0.3) is 5.91 Å². The van der Waals surface area contributed by atoms with Crippen LogP contribution in [0.25, 0.3) is 11.1 Å². The van der Waals surface area contributed by atoms with Crippen LogP contribution in [0, 0.1) is 12.7 Å². The fourth-order valence-corrected chi connectivity index (χ4v) is 3.92. The quantitative estimate of drug-likeness (QED) is 0.415. The molecule has 0 saturated carbocycles. The molecule has 1 N–H and O–H groups in total. The number of carbonyl (C=O) groups is 1. The standard InChI is InChI=1S/C25H25ClF4N2O2/c1-15-20(17-10-11-18(26)19(27)12-17)21(23(34)31(4)24(2,3)14-33)32(22(15)25(28,29)30)13-16-8-6-5-7-9-16/h5-12,33H,13-14H2,1-4H3. The van der Waals surface area contributed by atoms with Crippen LogP contribution in [0.15, 0.2) is 48.5 Å². The number of aliphatic hydroxyl groups excluding tert-OH is 1. The van der Waals surface area contributed by atoms with E-state index < -0.39 is 35.7 Å². The third kappa shape index (κ3) is 4.83. The molecule has 0 unspecified atom stereocenters. The summed E-state index contributed by atoms with van der Waals surface area (Å²) >= 11 is 5.79. The van der Waals surface area contributed by atoms with E-state index in [-0.39, 0.29) is 34.0 Å². The summed E-state index contributed by atoms with van der Waals surface area (Å²) in [7, 11) is 1.41. The SMILES string of the molecule is Cc1c(-c2ccc(Cl)c(F)c2)c(C(=O)N(C)C(C)(C)CO)n(Cc2ccccc2)c1C(F)(F)F. The second-order valence-electron chi connectivity index (χ2n) is 8.73. The molecule has 1 amide bonds. The molecule has 1 heterocycles. The van der Waals surface area contributed by atoms with Crippen molar-refractivity contribution in [1.82, 2.24) is 9.47 Å². The van der Waals surface area contributed by atoms with Crippen molar-refractivity contribution in [2.45, 2.75) is 39.0 Å². The monoisotopic (exact) mass is 496 g/mol. The van der Waals surface area contributed by atoms with Gasteiger partial charge in [-0.3, -0.25) is 4.79 Å². The van der Waals surface area contributed by atoms with Crippen LogP contribution in [0.5, 0.6) is 0 Å². The van der Waals surface area contributed by atoms with Crippen molar-refractivity contribution in [2.24, 2.45) is 0 Å². The highest BCUT2D eigenvalue weighted by molar-refractivity contribution is 6.30. The van der Waals surface area contributed by atoms with Crippen molar-refractivity contribution in [3.8, 4) is 11.1 Å². The predicted molar refractivity (Wildman–Crippen MR) is 123 cm³/mol. The second-order valence-corrected chi connectivity index (χ2v) is 9.14. The maximum atomic E-state index is 14.3. The van der Waals surface area contributed by atoms with Crippen LogP contribution in [-0.2, 0) is 12.7 Å². The molecule has 0 aliphatic carbocycles. The molecule has 182 valence electrons. The van der Waals surface area contributed by atoms with Gasteiger partial charge in [0, 0.05) is 19.2 Å². The van der Waals surface area contributed by atoms with Gasteiger partial charge in [-0.15, -0.1) is 0 Å². The van der Waals surface area contributed by atoms with Crippen molar-refractivity contribution >= 4 is 17.5 Å². The number of hydrogen-bond acceptors (Lipinski definition) is 2. The highest BCUT2D eigenvalue weighted by Gasteiger charge is 2.42. The third-order valence-electron chi connectivity index (χ3n) is 5.97. The van der Waals surface area contributed by atoms with E-state index in [0.29, 0.717) is 5.56 Å².